The van der Waals surface area contributed by atoms with Crippen molar-refractivity contribution in [3.05, 3.63) is 81.0 Å². The van der Waals surface area contributed by atoms with Crippen LogP contribution in [0.2, 0.25) is 0 Å². The van der Waals surface area contributed by atoms with E-state index in [-0.39, 0.29) is 55.9 Å². The fourth-order valence-electron chi connectivity index (χ4n) is 2.97. The van der Waals surface area contributed by atoms with Gasteiger partial charge in [0, 0.05) is 57.7 Å². The van der Waals surface area contributed by atoms with Crippen LogP contribution >= 0.6 is 0 Å². The van der Waals surface area contributed by atoms with Crippen molar-refractivity contribution in [2.24, 2.45) is 5.92 Å². The Morgan fingerprint density at radius 3 is 2.36 bits per heavy atom. The van der Waals surface area contributed by atoms with Crippen LogP contribution in [0.4, 0.5) is 0 Å². The van der Waals surface area contributed by atoms with E-state index in [2.05, 4.69) is 48.4 Å². The topological polar surface area (TPSA) is 90.8 Å². The van der Waals surface area contributed by atoms with Gasteiger partial charge < -0.3 is 19.8 Å². The summed E-state index contributed by atoms with van der Waals surface area (Å²) in [6.07, 6.45) is 7.24. The van der Waals surface area contributed by atoms with Crippen LogP contribution in [-0.2, 0) is 44.0 Å². The number of hydrogen-bond donors (Lipinski definition) is 1. The molecule has 1 aromatic carbocycles. The Bertz CT molecular complexity index is 919. The zero-order valence-electron chi connectivity index (χ0n) is 20.6. The summed E-state index contributed by atoms with van der Waals surface area (Å²) in [6, 6.07) is 10.1. The quantitative estimate of drug-likeness (QED) is 0.281. The van der Waals surface area contributed by atoms with Crippen molar-refractivity contribution in [3.63, 3.8) is 0 Å². The molecule has 1 unspecified atom stereocenters. The van der Waals surface area contributed by atoms with Gasteiger partial charge in [0.25, 0.3) is 0 Å². The Kier molecular flexibility index (Phi) is 15.9. The van der Waals surface area contributed by atoms with Gasteiger partial charge in [-0.3, -0.25) is 4.79 Å². The Morgan fingerprint density at radius 1 is 1.21 bits per heavy atom. The molecule has 6 nitrogen and oxygen atoms in total. The summed E-state index contributed by atoms with van der Waals surface area (Å²) in [5.74, 6) is -0.836. The molecular formula is C26H36NO5Y-. The van der Waals surface area contributed by atoms with Gasteiger partial charge in [0.15, 0.2) is 5.78 Å². The fourth-order valence-corrected chi connectivity index (χ4v) is 2.97. The molecule has 0 fully saturated rings. The second-order valence-electron chi connectivity index (χ2n) is 8.10. The average molecular weight is 531 g/mol. The number of nitrogens with zero attached hydrogens (tertiary/aromatic N) is 1. The molecule has 0 aliphatic carbocycles. The molecule has 1 aromatic heterocycles. The summed E-state index contributed by atoms with van der Waals surface area (Å²) in [6.45, 7) is 9.53. The SMILES string of the molecule is CCCc1ccc(C)cc1.CO[N-]/C=C\CCC(C)c1cc(O)c(C(=O)C(C)C)c(=O)o1.[Y]. The van der Waals surface area contributed by atoms with Crippen molar-refractivity contribution >= 4 is 5.78 Å². The number of Topliss-reactive ketones (excluding diaryl/α,β-unsaturated/α-hetero) is 1. The van der Waals surface area contributed by atoms with E-state index in [1.807, 2.05) is 13.0 Å². The predicted molar refractivity (Wildman–Crippen MR) is 128 cm³/mol. The van der Waals surface area contributed by atoms with Crippen LogP contribution in [0, 0.1) is 12.8 Å². The number of hydrogen-bond acceptors (Lipinski definition) is 5. The maximum Gasteiger partial charge on any atom is 0.350 e. The molecule has 1 heterocycles. The first-order valence-electron chi connectivity index (χ1n) is 11.1. The van der Waals surface area contributed by atoms with Crippen LogP contribution in [0.5, 0.6) is 5.75 Å². The predicted octanol–water partition coefficient (Wildman–Crippen LogP) is 6.46. The molecule has 1 N–H and O–H groups in total. The summed E-state index contributed by atoms with van der Waals surface area (Å²) in [5, 5.41) is 9.96. The first kappa shape index (κ1) is 31.2. The third kappa shape index (κ3) is 11.3. The first-order valence-corrected chi connectivity index (χ1v) is 11.1. The number of aromatic hydroxyl groups is 1. The van der Waals surface area contributed by atoms with Crippen molar-refractivity contribution in [1.29, 1.82) is 0 Å². The number of hydroxylamine groups is 1. The fraction of sp³-hybridized carbons (Fsp3) is 0.462. The Morgan fingerprint density at radius 2 is 1.85 bits per heavy atom. The Balaban J connectivity index is 0.000000779. The van der Waals surface area contributed by atoms with E-state index >= 15 is 0 Å². The Hall–Kier alpha value is -1.76. The molecule has 33 heavy (non-hydrogen) atoms. The zero-order chi connectivity index (χ0) is 24.1. The summed E-state index contributed by atoms with van der Waals surface area (Å²) >= 11 is 0. The van der Waals surface area contributed by atoms with E-state index in [1.54, 1.807) is 20.0 Å². The summed E-state index contributed by atoms with van der Waals surface area (Å²) < 4.78 is 5.19. The van der Waals surface area contributed by atoms with Gasteiger partial charge in [-0.2, -0.15) is 6.20 Å². The van der Waals surface area contributed by atoms with E-state index in [1.165, 1.54) is 37.1 Å². The van der Waals surface area contributed by atoms with Gasteiger partial charge in [-0.1, -0.05) is 63.9 Å². The number of benzene rings is 1. The number of carbonyl (C=O) groups is 1. The van der Waals surface area contributed by atoms with E-state index in [0.717, 1.165) is 0 Å². The van der Waals surface area contributed by atoms with Gasteiger partial charge in [0.2, 0.25) is 0 Å². The van der Waals surface area contributed by atoms with Crippen LogP contribution < -0.4 is 5.63 Å². The molecule has 0 aliphatic heterocycles. The van der Waals surface area contributed by atoms with E-state index in [0.29, 0.717) is 18.6 Å². The standard InChI is InChI=1S/C16H22NO5.C10H14.Y/c1-10(2)15(19)14-12(18)9-13(22-16(14)20)11(3)7-5-6-8-17-21-4;1-3-4-10-7-5-9(2)6-8-10;/h6,8-11H,5,7H2,1-4H3,(H,18,19,20);5-8H,3-4H2,1-2H3;/q-1;;/b8-6-;;. The largest absolute Gasteiger partial charge is 0.569 e. The normalized spacial score (nSPS) is 11.5. The molecule has 1 atom stereocenters. The third-order valence-corrected chi connectivity index (χ3v) is 4.90. The summed E-state index contributed by atoms with van der Waals surface area (Å²) in [7, 11) is 1.46. The maximum atomic E-state index is 11.9. The van der Waals surface area contributed by atoms with E-state index in [9.17, 15) is 14.7 Å². The average Bonchev–Trinajstić information content (AvgIpc) is 2.75. The minimum atomic E-state index is -0.787. The molecule has 0 bridgehead atoms. The van der Waals surface area contributed by atoms with Crippen LogP contribution in [0.3, 0.4) is 0 Å². The minimum Gasteiger partial charge on any atom is -0.569 e. The summed E-state index contributed by atoms with van der Waals surface area (Å²) in [5.41, 5.74) is 5.32. The molecule has 0 saturated carbocycles. The first-order chi connectivity index (χ1) is 15.2. The van der Waals surface area contributed by atoms with Crippen LogP contribution in [0.15, 0.2) is 51.8 Å². The van der Waals surface area contributed by atoms with Crippen LogP contribution in [0.25, 0.3) is 5.48 Å². The van der Waals surface area contributed by atoms with E-state index in [4.69, 9.17) is 4.42 Å². The molecule has 2 aromatic rings. The second-order valence-corrected chi connectivity index (χ2v) is 8.10. The molecule has 0 spiro atoms. The molecule has 1 radical (unpaired) electrons. The number of rotatable bonds is 10. The van der Waals surface area contributed by atoms with Crippen molar-refractivity contribution in [2.45, 2.75) is 66.2 Å². The molecule has 7 heteroatoms. The van der Waals surface area contributed by atoms with Crippen molar-refractivity contribution in [2.75, 3.05) is 7.11 Å². The van der Waals surface area contributed by atoms with Gasteiger partial charge in [0.05, 0.1) is 0 Å². The van der Waals surface area contributed by atoms with E-state index < -0.39 is 11.4 Å². The molecule has 2 rings (SSSR count). The number of aryl methyl sites for hydroxylation is 2. The maximum absolute atomic E-state index is 11.9. The van der Waals surface area contributed by atoms with Gasteiger partial charge >= 0.3 is 5.63 Å². The number of allylic oxidation sites excluding steroid dienone is 1. The number of carbonyl (C=O) groups excluding carboxylic acids is 1. The third-order valence-electron chi connectivity index (χ3n) is 4.90. The van der Waals surface area contributed by atoms with Gasteiger partial charge in [-0.05, 0) is 31.7 Å². The molecular weight excluding hydrogens is 495 g/mol. The monoisotopic (exact) mass is 531 g/mol. The Labute approximate surface area is 222 Å². The minimum absolute atomic E-state index is 0. The van der Waals surface area contributed by atoms with Crippen molar-refractivity contribution in [1.82, 2.24) is 0 Å². The molecule has 0 aliphatic rings. The van der Waals surface area contributed by atoms with Gasteiger partial charge in [-0.25, -0.2) is 4.79 Å². The molecule has 0 saturated heterocycles. The summed E-state index contributed by atoms with van der Waals surface area (Å²) in [4.78, 5) is 28.4. The van der Waals surface area contributed by atoms with Crippen molar-refractivity contribution < 1.29 is 51.9 Å². The number of ketones is 1. The van der Waals surface area contributed by atoms with Crippen LogP contribution in [-0.4, -0.2) is 18.0 Å². The molecule has 179 valence electrons. The zero-order valence-corrected chi connectivity index (χ0v) is 23.5. The second kappa shape index (κ2) is 16.8. The van der Waals surface area contributed by atoms with Crippen molar-refractivity contribution in [3.8, 4) is 5.75 Å². The smallest absolute Gasteiger partial charge is 0.350 e. The molecule has 0 amide bonds. The van der Waals surface area contributed by atoms with Crippen LogP contribution in [0.1, 0.15) is 80.1 Å². The van der Waals surface area contributed by atoms with Gasteiger partial charge in [0.1, 0.15) is 17.1 Å². The van der Waals surface area contributed by atoms with Gasteiger partial charge in [-0.15, -0.1) is 6.08 Å².